The van der Waals surface area contributed by atoms with Crippen LogP contribution in [0, 0.1) is 11.3 Å². The van der Waals surface area contributed by atoms with Crippen molar-refractivity contribution in [3.8, 4) is 5.75 Å². The van der Waals surface area contributed by atoms with E-state index >= 15 is 0 Å². The van der Waals surface area contributed by atoms with Gasteiger partial charge in [0, 0.05) is 23.9 Å². The van der Waals surface area contributed by atoms with Crippen LogP contribution in [0.3, 0.4) is 0 Å². The van der Waals surface area contributed by atoms with Gasteiger partial charge in [-0.25, -0.2) is 0 Å². The lowest BCUT2D eigenvalue weighted by Gasteiger charge is -2.13. The molecule has 0 heterocycles. The number of nitrogens with one attached hydrogen (secondary N) is 1. The Balaban J connectivity index is 2.11. The maximum absolute atomic E-state index is 5.73. The minimum atomic E-state index is 0.412. The van der Waals surface area contributed by atoms with Gasteiger partial charge in [-0.05, 0) is 29.9 Å². The van der Waals surface area contributed by atoms with E-state index in [1.54, 1.807) is 7.11 Å². The minimum absolute atomic E-state index is 0.412. The molecule has 1 aliphatic rings. The number of anilines is 1. The highest BCUT2D eigenvalue weighted by molar-refractivity contribution is 7.80. The molecule has 0 amide bonds. The van der Waals surface area contributed by atoms with E-state index in [4.69, 9.17) is 22.7 Å². The zero-order chi connectivity index (χ0) is 13.3. The fourth-order valence-electron chi connectivity index (χ4n) is 2.17. The van der Waals surface area contributed by atoms with Crippen LogP contribution in [0.5, 0.6) is 5.75 Å². The van der Waals surface area contributed by atoms with E-state index in [-0.39, 0.29) is 0 Å². The van der Waals surface area contributed by atoms with Crippen LogP contribution >= 0.6 is 12.2 Å². The first kappa shape index (κ1) is 13.1. The first-order chi connectivity index (χ1) is 8.44. The van der Waals surface area contributed by atoms with Crippen molar-refractivity contribution in [1.82, 2.24) is 0 Å². The summed E-state index contributed by atoms with van der Waals surface area (Å²) in [6.45, 7) is 5.54. The molecule has 98 valence electrons. The van der Waals surface area contributed by atoms with Crippen LogP contribution in [0.15, 0.2) is 18.2 Å². The van der Waals surface area contributed by atoms with E-state index in [1.165, 1.54) is 6.42 Å². The van der Waals surface area contributed by atoms with Crippen LogP contribution in [0.1, 0.15) is 25.8 Å². The predicted molar refractivity (Wildman–Crippen MR) is 79.3 cm³/mol. The van der Waals surface area contributed by atoms with Crippen molar-refractivity contribution >= 4 is 22.9 Å². The predicted octanol–water partition coefficient (Wildman–Crippen LogP) is 2.79. The minimum Gasteiger partial charge on any atom is -0.497 e. The molecule has 0 bridgehead atoms. The molecule has 4 heteroatoms. The van der Waals surface area contributed by atoms with E-state index in [1.807, 2.05) is 18.2 Å². The number of thiocarbonyl (C=S) groups is 1. The summed E-state index contributed by atoms with van der Waals surface area (Å²) in [7, 11) is 1.66. The largest absolute Gasteiger partial charge is 0.497 e. The van der Waals surface area contributed by atoms with Gasteiger partial charge in [0.15, 0.2) is 0 Å². The van der Waals surface area contributed by atoms with Crippen LogP contribution in [0.4, 0.5) is 5.69 Å². The molecule has 2 rings (SSSR count). The SMILES string of the molecule is COc1ccc(C(N)=S)c(NCC2CC2(C)C)c1. The first-order valence-electron chi connectivity index (χ1n) is 6.16. The van der Waals surface area contributed by atoms with Crippen LogP contribution in [-0.4, -0.2) is 18.6 Å². The lowest BCUT2D eigenvalue weighted by Crippen LogP contribution is -2.15. The van der Waals surface area contributed by atoms with Gasteiger partial charge in [-0.3, -0.25) is 0 Å². The topological polar surface area (TPSA) is 47.3 Å². The van der Waals surface area contributed by atoms with Crippen molar-refractivity contribution in [3.63, 3.8) is 0 Å². The zero-order valence-electron chi connectivity index (χ0n) is 11.1. The Kier molecular flexibility index (Phi) is 3.48. The monoisotopic (exact) mass is 264 g/mol. The summed E-state index contributed by atoms with van der Waals surface area (Å²) in [6.07, 6.45) is 1.27. The van der Waals surface area contributed by atoms with Crippen LogP contribution in [-0.2, 0) is 0 Å². The maximum Gasteiger partial charge on any atom is 0.120 e. The van der Waals surface area contributed by atoms with Gasteiger partial charge in [-0.15, -0.1) is 0 Å². The third-order valence-corrected chi connectivity index (χ3v) is 3.97. The summed E-state index contributed by atoms with van der Waals surface area (Å²) < 4.78 is 5.23. The average Bonchev–Trinajstić information content (AvgIpc) is 2.93. The first-order valence-corrected chi connectivity index (χ1v) is 6.56. The zero-order valence-corrected chi connectivity index (χ0v) is 11.9. The third kappa shape index (κ3) is 2.75. The normalized spacial score (nSPS) is 20.3. The van der Waals surface area contributed by atoms with Crippen molar-refractivity contribution < 1.29 is 4.74 Å². The van der Waals surface area contributed by atoms with Crippen molar-refractivity contribution in [3.05, 3.63) is 23.8 Å². The van der Waals surface area contributed by atoms with Gasteiger partial charge in [-0.1, -0.05) is 26.1 Å². The maximum atomic E-state index is 5.73. The highest BCUT2D eigenvalue weighted by Crippen LogP contribution is 2.51. The number of hydrogen-bond acceptors (Lipinski definition) is 3. The third-order valence-electron chi connectivity index (χ3n) is 3.75. The van der Waals surface area contributed by atoms with Gasteiger partial charge >= 0.3 is 0 Å². The van der Waals surface area contributed by atoms with E-state index in [0.717, 1.165) is 29.5 Å². The number of nitrogens with two attached hydrogens (primary N) is 1. The van der Waals surface area contributed by atoms with E-state index in [9.17, 15) is 0 Å². The second-order valence-corrected chi connectivity index (χ2v) is 5.99. The molecule has 0 spiro atoms. The van der Waals surface area contributed by atoms with Gasteiger partial charge in [0.05, 0.1) is 7.11 Å². The molecular formula is C14H20N2OS. The van der Waals surface area contributed by atoms with Gasteiger partial charge in [-0.2, -0.15) is 0 Å². The molecule has 0 saturated heterocycles. The van der Waals surface area contributed by atoms with Crippen LogP contribution in [0.2, 0.25) is 0 Å². The number of benzene rings is 1. The highest BCUT2D eigenvalue weighted by atomic mass is 32.1. The number of hydrogen-bond donors (Lipinski definition) is 2. The summed E-state index contributed by atoms with van der Waals surface area (Å²) in [6, 6.07) is 5.73. The Labute approximate surface area is 114 Å². The van der Waals surface area contributed by atoms with Crippen LogP contribution in [0.25, 0.3) is 0 Å². The van der Waals surface area contributed by atoms with E-state index < -0.39 is 0 Å². The van der Waals surface area contributed by atoms with Crippen molar-refractivity contribution in [1.29, 1.82) is 0 Å². The highest BCUT2D eigenvalue weighted by Gasteiger charge is 2.44. The Morgan fingerprint density at radius 3 is 2.72 bits per heavy atom. The molecule has 1 fully saturated rings. The Morgan fingerprint density at radius 1 is 1.56 bits per heavy atom. The molecule has 0 aliphatic heterocycles. The Hall–Kier alpha value is -1.29. The summed E-state index contributed by atoms with van der Waals surface area (Å²) in [4.78, 5) is 0.412. The molecule has 3 nitrogen and oxygen atoms in total. The lowest BCUT2D eigenvalue weighted by atomic mass is 10.1. The summed E-state index contributed by atoms with van der Waals surface area (Å²) in [5.41, 5.74) is 8.04. The van der Waals surface area contributed by atoms with Crippen molar-refractivity contribution in [2.45, 2.75) is 20.3 Å². The second-order valence-electron chi connectivity index (χ2n) is 5.55. The molecular weight excluding hydrogens is 244 g/mol. The van der Waals surface area contributed by atoms with Gasteiger partial charge < -0.3 is 15.8 Å². The molecule has 1 aromatic carbocycles. The summed E-state index contributed by atoms with van der Waals surface area (Å²) in [5.74, 6) is 1.54. The van der Waals surface area contributed by atoms with Gasteiger partial charge in [0.25, 0.3) is 0 Å². The fraction of sp³-hybridized carbons (Fsp3) is 0.500. The molecule has 1 aliphatic carbocycles. The number of rotatable bonds is 5. The number of ether oxygens (including phenoxy) is 1. The Morgan fingerprint density at radius 2 is 2.22 bits per heavy atom. The molecule has 1 atom stereocenters. The molecule has 0 aromatic heterocycles. The Bertz CT molecular complexity index is 471. The molecule has 1 unspecified atom stereocenters. The molecule has 3 N–H and O–H groups in total. The van der Waals surface area contributed by atoms with Gasteiger partial charge in [0.2, 0.25) is 0 Å². The average molecular weight is 264 g/mol. The standard InChI is InChI=1S/C14H20N2OS/c1-14(2)7-9(14)8-16-12-6-10(17-3)4-5-11(12)13(15)18/h4-6,9,16H,7-8H2,1-3H3,(H2,15,18). The van der Waals surface area contributed by atoms with E-state index in [2.05, 4.69) is 19.2 Å². The molecule has 18 heavy (non-hydrogen) atoms. The molecule has 0 radical (unpaired) electrons. The van der Waals surface area contributed by atoms with Crippen molar-refractivity contribution in [2.75, 3.05) is 19.0 Å². The molecule has 1 saturated carbocycles. The smallest absolute Gasteiger partial charge is 0.120 e. The lowest BCUT2D eigenvalue weighted by molar-refractivity contribution is 0.415. The van der Waals surface area contributed by atoms with Gasteiger partial charge in [0.1, 0.15) is 10.7 Å². The second kappa shape index (κ2) is 4.76. The van der Waals surface area contributed by atoms with Crippen LogP contribution < -0.4 is 15.8 Å². The van der Waals surface area contributed by atoms with E-state index in [0.29, 0.717) is 10.4 Å². The fourth-order valence-corrected chi connectivity index (χ4v) is 2.35. The quantitative estimate of drug-likeness (QED) is 0.803. The number of methoxy groups -OCH3 is 1. The summed E-state index contributed by atoms with van der Waals surface area (Å²) in [5, 5.41) is 3.44. The molecule has 1 aromatic rings. The summed E-state index contributed by atoms with van der Waals surface area (Å²) >= 11 is 5.07. The van der Waals surface area contributed by atoms with Crippen molar-refractivity contribution in [2.24, 2.45) is 17.1 Å².